The van der Waals surface area contributed by atoms with E-state index >= 15 is 0 Å². The lowest BCUT2D eigenvalue weighted by Gasteiger charge is -2.00. The van der Waals surface area contributed by atoms with Gasteiger partial charge in [0.2, 0.25) is 0 Å². The Kier molecular flexibility index (Phi) is 4.47. The van der Waals surface area contributed by atoms with Crippen LogP contribution in [0.25, 0.3) is 0 Å². The summed E-state index contributed by atoms with van der Waals surface area (Å²) in [6.07, 6.45) is 0. The first kappa shape index (κ1) is 14.2. The summed E-state index contributed by atoms with van der Waals surface area (Å²) < 4.78 is 4.93. The summed E-state index contributed by atoms with van der Waals surface area (Å²) in [5.74, 6) is -0.669. The second kappa shape index (κ2) is 6.29. The van der Waals surface area contributed by atoms with E-state index in [1.165, 1.54) is 0 Å². The zero-order valence-corrected chi connectivity index (χ0v) is 12.0. The molecule has 0 unspecified atom stereocenters. The molecule has 0 saturated carbocycles. The Bertz CT molecular complexity index is 623. The Morgan fingerprint density at radius 1 is 1.30 bits per heavy atom. The maximum atomic E-state index is 12.0. The van der Waals surface area contributed by atoms with E-state index in [0.29, 0.717) is 27.9 Å². The monoisotopic (exact) mass is 290 g/mol. The van der Waals surface area contributed by atoms with Crippen LogP contribution >= 0.6 is 11.3 Å². The molecule has 20 heavy (non-hydrogen) atoms. The maximum Gasteiger partial charge on any atom is 0.350 e. The van der Waals surface area contributed by atoms with Gasteiger partial charge in [-0.25, -0.2) is 9.78 Å². The van der Waals surface area contributed by atoms with Gasteiger partial charge in [0, 0.05) is 5.56 Å². The molecule has 2 rings (SSSR count). The number of hydrogen-bond acceptors (Lipinski definition) is 5. The van der Waals surface area contributed by atoms with Crippen LogP contribution in [0.3, 0.4) is 0 Å². The summed E-state index contributed by atoms with van der Waals surface area (Å²) in [6.45, 7) is 3.76. The number of thiazole rings is 1. The lowest BCUT2D eigenvalue weighted by molar-refractivity contribution is 0.0531. The van der Waals surface area contributed by atoms with Gasteiger partial charge in [-0.2, -0.15) is 0 Å². The fraction of sp³-hybridized carbons (Fsp3) is 0.214. The summed E-state index contributed by atoms with van der Waals surface area (Å²) in [4.78, 5) is 28.2. The molecule has 0 aliphatic carbocycles. The highest BCUT2D eigenvalue weighted by Crippen LogP contribution is 2.23. The summed E-state index contributed by atoms with van der Waals surface area (Å²) in [7, 11) is 0. The van der Waals surface area contributed by atoms with Crippen LogP contribution in [0.5, 0.6) is 0 Å². The second-order valence-electron chi connectivity index (χ2n) is 3.97. The van der Waals surface area contributed by atoms with Gasteiger partial charge in [0.15, 0.2) is 5.13 Å². The van der Waals surface area contributed by atoms with Crippen LogP contribution in [0.15, 0.2) is 30.3 Å². The largest absolute Gasteiger partial charge is 0.462 e. The van der Waals surface area contributed by atoms with E-state index in [0.717, 1.165) is 11.3 Å². The highest BCUT2D eigenvalue weighted by atomic mass is 32.1. The van der Waals surface area contributed by atoms with Gasteiger partial charge < -0.3 is 4.74 Å². The number of aryl methyl sites for hydroxylation is 1. The number of nitrogens with zero attached hydrogens (tertiary/aromatic N) is 1. The average Bonchev–Trinajstić information content (AvgIpc) is 2.81. The molecule has 0 aliphatic rings. The number of ether oxygens (including phenoxy) is 1. The maximum absolute atomic E-state index is 12.0. The standard InChI is InChI=1S/C14H14N2O3S/c1-3-19-13(18)11-9(2)15-14(20-11)16-12(17)10-7-5-4-6-8-10/h4-8H,3H2,1-2H3,(H,15,16,17). The van der Waals surface area contributed by atoms with Gasteiger partial charge in [-0.05, 0) is 26.0 Å². The predicted octanol–water partition coefficient (Wildman–Crippen LogP) is 2.88. The minimum atomic E-state index is -0.414. The van der Waals surface area contributed by atoms with Gasteiger partial charge in [0.1, 0.15) is 4.88 Å². The first-order valence-electron chi connectivity index (χ1n) is 6.12. The molecule has 0 fully saturated rings. The van der Waals surface area contributed by atoms with E-state index < -0.39 is 5.97 Å². The van der Waals surface area contributed by atoms with E-state index in [1.54, 1.807) is 38.1 Å². The SMILES string of the molecule is CCOC(=O)c1sc(NC(=O)c2ccccc2)nc1C. The zero-order chi connectivity index (χ0) is 14.5. The Balaban J connectivity index is 2.13. The highest BCUT2D eigenvalue weighted by Gasteiger charge is 2.17. The van der Waals surface area contributed by atoms with Crippen LogP contribution in [-0.2, 0) is 4.74 Å². The van der Waals surface area contributed by atoms with Crippen LogP contribution < -0.4 is 5.32 Å². The molecular weight excluding hydrogens is 276 g/mol. The summed E-state index contributed by atoms with van der Waals surface area (Å²) in [5, 5.41) is 3.07. The number of esters is 1. The predicted molar refractivity (Wildman–Crippen MR) is 77.2 cm³/mol. The van der Waals surface area contributed by atoms with Crippen molar-refractivity contribution < 1.29 is 14.3 Å². The fourth-order valence-corrected chi connectivity index (χ4v) is 2.45. The first-order valence-corrected chi connectivity index (χ1v) is 6.94. The zero-order valence-electron chi connectivity index (χ0n) is 11.2. The quantitative estimate of drug-likeness (QED) is 0.879. The van der Waals surface area contributed by atoms with Crippen LogP contribution in [0.1, 0.15) is 32.6 Å². The Hall–Kier alpha value is -2.21. The lowest BCUT2D eigenvalue weighted by Crippen LogP contribution is -2.11. The van der Waals surface area contributed by atoms with Crippen molar-refractivity contribution in [2.24, 2.45) is 0 Å². The van der Waals surface area contributed by atoms with E-state index in [1.807, 2.05) is 6.07 Å². The normalized spacial score (nSPS) is 10.1. The first-order chi connectivity index (χ1) is 9.61. The topological polar surface area (TPSA) is 68.3 Å². The van der Waals surface area contributed by atoms with E-state index in [9.17, 15) is 9.59 Å². The molecule has 0 bridgehead atoms. The van der Waals surface area contributed by atoms with Crippen LogP contribution in [-0.4, -0.2) is 23.5 Å². The van der Waals surface area contributed by atoms with Gasteiger partial charge in [-0.15, -0.1) is 0 Å². The summed E-state index contributed by atoms with van der Waals surface area (Å²) in [6, 6.07) is 8.82. The second-order valence-corrected chi connectivity index (χ2v) is 4.97. The van der Waals surface area contributed by atoms with Gasteiger partial charge in [-0.1, -0.05) is 29.5 Å². The van der Waals surface area contributed by atoms with Gasteiger partial charge in [0.05, 0.1) is 12.3 Å². The smallest absolute Gasteiger partial charge is 0.350 e. The van der Waals surface area contributed by atoms with Crippen molar-refractivity contribution in [3.05, 3.63) is 46.5 Å². The molecule has 104 valence electrons. The number of aromatic nitrogens is 1. The van der Waals surface area contributed by atoms with Gasteiger partial charge in [-0.3, -0.25) is 10.1 Å². The number of rotatable bonds is 4. The van der Waals surface area contributed by atoms with Crippen molar-refractivity contribution in [1.29, 1.82) is 0 Å². The molecule has 1 heterocycles. The minimum Gasteiger partial charge on any atom is -0.462 e. The van der Waals surface area contributed by atoms with Crippen LogP contribution in [0.4, 0.5) is 5.13 Å². The average molecular weight is 290 g/mol. The molecule has 1 aromatic heterocycles. The van der Waals surface area contributed by atoms with Crippen molar-refractivity contribution in [3.8, 4) is 0 Å². The Labute approximate surface area is 120 Å². The molecule has 0 radical (unpaired) electrons. The molecule has 0 atom stereocenters. The number of benzene rings is 1. The van der Waals surface area contributed by atoms with Gasteiger partial charge >= 0.3 is 5.97 Å². The Morgan fingerprint density at radius 3 is 2.65 bits per heavy atom. The molecule has 2 aromatic rings. The van der Waals surface area contributed by atoms with Crippen molar-refractivity contribution in [3.63, 3.8) is 0 Å². The lowest BCUT2D eigenvalue weighted by atomic mass is 10.2. The van der Waals surface area contributed by atoms with Crippen molar-refractivity contribution in [1.82, 2.24) is 4.98 Å². The molecule has 0 spiro atoms. The molecular formula is C14H14N2O3S. The van der Waals surface area contributed by atoms with Crippen molar-refractivity contribution in [2.45, 2.75) is 13.8 Å². The van der Waals surface area contributed by atoms with E-state index in [-0.39, 0.29) is 5.91 Å². The van der Waals surface area contributed by atoms with Crippen molar-refractivity contribution >= 4 is 28.3 Å². The fourth-order valence-electron chi connectivity index (χ4n) is 1.59. The molecule has 6 heteroatoms. The van der Waals surface area contributed by atoms with Crippen LogP contribution in [0, 0.1) is 6.92 Å². The minimum absolute atomic E-state index is 0.255. The Morgan fingerprint density at radius 2 is 2.00 bits per heavy atom. The number of hydrogen-bond donors (Lipinski definition) is 1. The molecule has 0 aliphatic heterocycles. The van der Waals surface area contributed by atoms with Crippen LogP contribution in [0.2, 0.25) is 0 Å². The number of nitrogens with one attached hydrogen (secondary N) is 1. The highest BCUT2D eigenvalue weighted by molar-refractivity contribution is 7.17. The summed E-state index contributed by atoms with van der Waals surface area (Å²) >= 11 is 1.11. The van der Waals surface area contributed by atoms with Crippen molar-refractivity contribution in [2.75, 3.05) is 11.9 Å². The number of carbonyl (C=O) groups is 2. The molecule has 1 N–H and O–H groups in total. The number of amides is 1. The number of carbonyl (C=O) groups excluding carboxylic acids is 2. The molecule has 1 aromatic carbocycles. The third-order valence-electron chi connectivity index (χ3n) is 2.51. The third kappa shape index (κ3) is 3.21. The van der Waals surface area contributed by atoms with Gasteiger partial charge in [0.25, 0.3) is 5.91 Å². The third-order valence-corrected chi connectivity index (χ3v) is 3.57. The molecule has 1 amide bonds. The van der Waals surface area contributed by atoms with E-state index in [2.05, 4.69) is 10.3 Å². The van der Waals surface area contributed by atoms with E-state index in [4.69, 9.17) is 4.74 Å². The number of anilines is 1. The molecule has 0 saturated heterocycles. The summed E-state index contributed by atoms with van der Waals surface area (Å²) in [5.41, 5.74) is 1.09. The molecule has 5 nitrogen and oxygen atoms in total.